The van der Waals surface area contributed by atoms with Gasteiger partial charge in [-0.15, -0.1) is 0 Å². The summed E-state index contributed by atoms with van der Waals surface area (Å²) in [6.07, 6.45) is 7.56. The number of carbonyl (C=O) groups excluding carboxylic acids is 1. The van der Waals surface area contributed by atoms with Crippen molar-refractivity contribution in [3.63, 3.8) is 0 Å². The highest BCUT2D eigenvalue weighted by atomic mass is 16.1. The molecule has 0 N–H and O–H groups in total. The zero-order chi connectivity index (χ0) is 13.8. The van der Waals surface area contributed by atoms with Crippen molar-refractivity contribution in [2.45, 2.75) is 12.3 Å². The van der Waals surface area contributed by atoms with E-state index in [2.05, 4.69) is 9.98 Å². The second kappa shape index (κ2) is 5.61. The Morgan fingerprint density at radius 2 is 1.90 bits per heavy atom. The van der Waals surface area contributed by atoms with Gasteiger partial charge in [-0.2, -0.15) is 0 Å². The molecule has 0 fully saturated rings. The zero-order valence-corrected chi connectivity index (χ0v) is 10.9. The minimum Gasteiger partial charge on any atom is -0.292 e. The molecule has 3 heteroatoms. The first-order valence-corrected chi connectivity index (χ1v) is 6.56. The topological polar surface area (TPSA) is 42.3 Å². The lowest BCUT2D eigenvalue weighted by Crippen LogP contribution is -2.25. The molecule has 2 aromatic rings. The number of rotatable bonds is 3. The van der Waals surface area contributed by atoms with E-state index in [0.29, 0.717) is 12.1 Å². The fraction of sp³-hybridized carbons (Fsp3) is 0.118. The smallest absolute Gasteiger partial charge is 0.188 e. The van der Waals surface area contributed by atoms with E-state index in [-0.39, 0.29) is 11.7 Å². The lowest BCUT2D eigenvalue weighted by Gasteiger charge is -2.16. The number of aliphatic imine (C=N–C) groups is 1. The number of Topliss-reactive ketones (excluding diaryl/α,β-unsaturated/α-hetero) is 1. The van der Waals surface area contributed by atoms with Crippen molar-refractivity contribution in [2.75, 3.05) is 0 Å². The Hall–Kier alpha value is -2.55. The number of hydrogen-bond acceptors (Lipinski definition) is 3. The molecule has 1 aliphatic heterocycles. The third kappa shape index (κ3) is 2.57. The van der Waals surface area contributed by atoms with Crippen LogP contribution in [0.15, 0.2) is 72.1 Å². The second-order valence-corrected chi connectivity index (χ2v) is 4.71. The van der Waals surface area contributed by atoms with Crippen LogP contribution in [0, 0.1) is 0 Å². The van der Waals surface area contributed by atoms with Crippen LogP contribution < -0.4 is 0 Å². The fourth-order valence-corrected chi connectivity index (χ4v) is 2.29. The van der Waals surface area contributed by atoms with Gasteiger partial charge in [0.2, 0.25) is 0 Å². The summed E-state index contributed by atoms with van der Waals surface area (Å²) in [6.45, 7) is 0. The Bertz CT molecular complexity index is 660. The van der Waals surface area contributed by atoms with Crippen LogP contribution in [-0.4, -0.2) is 16.5 Å². The molecule has 1 atom stereocenters. The first-order valence-electron chi connectivity index (χ1n) is 6.56. The van der Waals surface area contributed by atoms with Gasteiger partial charge in [0, 0.05) is 25.0 Å². The lowest BCUT2D eigenvalue weighted by atomic mass is 9.89. The Labute approximate surface area is 117 Å². The maximum absolute atomic E-state index is 12.5. The molecule has 1 aromatic heterocycles. The molecule has 1 unspecified atom stereocenters. The van der Waals surface area contributed by atoms with E-state index >= 15 is 0 Å². The predicted octanol–water partition coefficient (Wildman–Crippen LogP) is 2.95. The van der Waals surface area contributed by atoms with Gasteiger partial charge in [-0.25, -0.2) is 0 Å². The summed E-state index contributed by atoms with van der Waals surface area (Å²) in [6, 6.07) is 13.7. The molecule has 2 heterocycles. The molecular weight excluding hydrogens is 248 g/mol. The van der Waals surface area contributed by atoms with Crippen LogP contribution in [0.5, 0.6) is 0 Å². The number of pyridine rings is 1. The van der Waals surface area contributed by atoms with Crippen molar-refractivity contribution in [2.24, 2.45) is 4.99 Å². The van der Waals surface area contributed by atoms with Gasteiger partial charge in [-0.3, -0.25) is 14.8 Å². The van der Waals surface area contributed by atoms with Crippen LogP contribution in [-0.2, 0) is 11.2 Å². The summed E-state index contributed by atoms with van der Waals surface area (Å²) < 4.78 is 0. The van der Waals surface area contributed by atoms with Crippen LogP contribution in [0.4, 0.5) is 0 Å². The van der Waals surface area contributed by atoms with Crippen molar-refractivity contribution in [1.29, 1.82) is 0 Å². The molecule has 0 saturated carbocycles. The SMILES string of the molecule is O=C1C(Cc2ccccc2)=NC=CC1c1cccnc1. The summed E-state index contributed by atoms with van der Waals surface area (Å²) >= 11 is 0. The van der Waals surface area contributed by atoms with Gasteiger partial charge in [0.1, 0.15) is 0 Å². The van der Waals surface area contributed by atoms with E-state index in [1.807, 2.05) is 48.5 Å². The van der Waals surface area contributed by atoms with Gasteiger partial charge in [0.25, 0.3) is 0 Å². The molecule has 20 heavy (non-hydrogen) atoms. The van der Waals surface area contributed by atoms with Gasteiger partial charge in [0.15, 0.2) is 5.78 Å². The van der Waals surface area contributed by atoms with Crippen molar-refractivity contribution in [3.8, 4) is 0 Å². The standard InChI is InChI=1S/C17H14N2O/c20-17-15(14-7-4-9-18-12-14)8-10-19-16(17)11-13-5-2-1-3-6-13/h1-10,12,15H,11H2. The van der Waals surface area contributed by atoms with Crippen LogP contribution in [0.3, 0.4) is 0 Å². The van der Waals surface area contributed by atoms with Gasteiger partial charge in [-0.1, -0.05) is 42.5 Å². The first kappa shape index (κ1) is 12.5. The van der Waals surface area contributed by atoms with Crippen molar-refractivity contribution in [3.05, 3.63) is 78.3 Å². The van der Waals surface area contributed by atoms with E-state index in [4.69, 9.17) is 0 Å². The third-order valence-electron chi connectivity index (χ3n) is 3.33. The highest BCUT2D eigenvalue weighted by Gasteiger charge is 2.25. The van der Waals surface area contributed by atoms with Gasteiger partial charge in [-0.05, 0) is 17.2 Å². The number of carbonyl (C=O) groups is 1. The molecule has 1 aromatic carbocycles. The largest absolute Gasteiger partial charge is 0.292 e. The number of hydrogen-bond donors (Lipinski definition) is 0. The maximum Gasteiger partial charge on any atom is 0.188 e. The summed E-state index contributed by atoms with van der Waals surface area (Å²) in [5, 5.41) is 0. The number of nitrogens with zero attached hydrogens (tertiary/aromatic N) is 2. The Balaban J connectivity index is 1.83. The monoisotopic (exact) mass is 262 g/mol. The van der Waals surface area contributed by atoms with E-state index < -0.39 is 0 Å². The number of benzene rings is 1. The van der Waals surface area contributed by atoms with E-state index in [9.17, 15) is 4.79 Å². The zero-order valence-electron chi connectivity index (χ0n) is 10.9. The molecule has 98 valence electrons. The average Bonchev–Trinajstić information content (AvgIpc) is 2.51. The molecule has 1 aliphatic rings. The lowest BCUT2D eigenvalue weighted by molar-refractivity contribution is -0.113. The van der Waals surface area contributed by atoms with Crippen molar-refractivity contribution in [1.82, 2.24) is 4.98 Å². The van der Waals surface area contributed by atoms with Gasteiger partial charge >= 0.3 is 0 Å². The highest BCUT2D eigenvalue weighted by molar-refractivity contribution is 6.43. The molecule has 3 nitrogen and oxygen atoms in total. The van der Waals surface area contributed by atoms with Crippen LogP contribution in [0.25, 0.3) is 0 Å². The Morgan fingerprint density at radius 3 is 2.65 bits per heavy atom. The molecule has 0 radical (unpaired) electrons. The number of ketones is 1. The fourth-order valence-electron chi connectivity index (χ4n) is 2.29. The third-order valence-corrected chi connectivity index (χ3v) is 3.33. The minimum atomic E-state index is -0.264. The van der Waals surface area contributed by atoms with E-state index in [1.54, 1.807) is 18.6 Å². The van der Waals surface area contributed by atoms with Crippen molar-refractivity contribution < 1.29 is 4.79 Å². The highest BCUT2D eigenvalue weighted by Crippen LogP contribution is 2.22. The Kier molecular flexibility index (Phi) is 3.50. The number of allylic oxidation sites excluding steroid dienone is 1. The summed E-state index contributed by atoms with van der Waals surface area (Å²) in [4.78, 5) is 20.8. The number of aromatic nitrogens is 1. The van der Waals surface area contributed by atoms with Crippen molar-refractivity contribution >= 4 is 11.5 Å². The second-order valence-electron chi connectivity index (χ2n) is 4.71. The van der Waals surface area contributed by atoms with Crippen LogP contribution in [0.2, 0.25) is 0 Å². The molecule has 3 rings (SSSR count). The maximum atomic E-state index is 12.5. The average molecular weight is 262 g/mol. The van der Waals surface area contributed by atoms with Crippen LogP contribution >= 0.6 is 0 Å². The molecule has 0 amide bonds. The quantitative estimate of drug-likeness (QED) is 0.853. The molecule has 0 spiro atoms. The summed E-state index contributed by atoms with van der Waals surface area (Å²) in [7, 11) is 0. The normalized spacial score (nSPS) is 17.9. The minimum absolute atomic E-state index is 0.0596. The first-order chi connectivity index (χ1) is 9.84. The molecule has 0 bridgehead atoms. The van der Waals surface area contributed by atoms with Gasteiger partial charge in [0.05, 0.1) is 11.6 Å². The van der Waals surface area contributed by atoms with E-state index in [0.717, 1.165) is 11.1 Å². The molecule has 0 saturated heterocycles. The Morgan fingerprint density at radius 1 is 1.05 bits per heavy atom. The van der Waals surface area contributed by atoms with Gasteiger partial charge < -0.3 is 0 Å². The molecule has 0 aliphatic carbocycles. The van der Waals surface area contributed by atoms with E-state index in [1.165, 1.54) is 0 Å². The molecular formula is C17H14N2O. The summed E-state index contributed by atoms with van der Waals surface area (Å²) in [5.41, 5.74) is 2.61. The summed E-state index contributed by atoms with van der Waals surface area (Å²) in [5.74, 6) is -0.204. The van der Waals surface area contributed by atoms with Crippen LogP contribution in [0.1, 0.15) is 17.0 Å². The predicted molar refractivity (Wildman–Crippen MR) is 78.7 cm³/mol.